The highest BCUT2D eigenvalue weighted by atomic mass is 16.1. The molecule has 0 aromatic heterocycles. The van der Waals surface area contributed by atoms with Crippen molar-refractivity contribution in [3.63, 3.8) is 0 Å². The zero-order valence-corrected chi connectivity index (χ0v) is 12.6. The summed E-state index contributed by atoms with van der Waals surface area (Å²) in [6.45, 7) is 2.15. The van der Waals surface area contributed by atoms with Crippen molar-refractivity contribution in [3.05, 3.63) is 71.3 Å². The molecule has 0 aliphatic carbocycles. The van der Waals surface area contributed by atoms with E-state index in [9.17, 15) is 4.79 Å². The second kappa shape index (κ2) is 7.75. The molecule has 0 aliphatic heterocycles. The Morgan fingerprint density at radius 2 is 1.86 bits per heavy atom. The Bertz CT molecular complexity index is 577. The summed E-state index contributed by atoms with van der Waals surface area (Å²) in [6.07, 6.45) is 3.29. The first kappa shape index (κ1) is 15.5. The van der Waals surface area contributed by atoms with Crippen LogP contribution >= 0.6 is 0 Å². The molecule has 0 saturated heterocycles. The molecule has 2 rings (SSSR count). The lowest BCUT2D eigenvalue weighted by atomic mass is 9.97. The highest BCUT2D eigenvalue weighted by Gasteiger charge is 2.11. The second-order valence-electron chi connectivity index (χ2n) is 5.43. The van der Waals surface area contributed by atoms with E-state index in [1.165, 1.54) is 5.56 Å². The first-order valence-electron chi connectivity index (χ1n) is 7.63. The van der Waals surface area contributed by atoms with Crippen LogP contribution in [0.2, 0.25) is 0 Å². The van der Waals surface area contributed by atoms with Crippen molar-refractivity contribution in [3.8, 4) is 0 Å². The Labute approximate surface area is 127 Å². The molecule has 0 fully saturated rings. The Morgan fingerprint density at radius 3 is 2.57 bits per heavy atom. The van der Waals surface area contributed by atoms with E-state index >= 15 is 0 Å². The first-order chi connectivity index (χ1) is 10.2. The van der Waals surface area contributed by atoms with Crippen LogP contribution in [0.15, 0.2) is 54.6 Å². The number of carbonyl (C=O) groups is 1. The molecule has 1 unspecified atom stereocenters. The number of Topliss-reactive ketones (excluding diaryl/α,β-unsaturated/α-hetero) is 1. The number of rotatable bonds is 7. The van der Waals surface area contributed by atoms with Crippen LogP contribution in [-0.4, -0.2) is 5.78 Å². The van der Waals surface area contributed by atoms with E-state index in [-0.39, 0.29) is 11.8 Å². The lowest BCUT2D eigenvalue weighted by Crippen LogP contribution is -2.12. The number of hydrogen-bond acceptors (Lipinski definition) is 2. The van der Waals surface area contributed by atoms with Crippen molar-refractivity contribution >= 4 is 5.78 Å². The molecular formula is C19H23NO. The predicted octanol–water partition coefficient (Wildman–Crippen LogP) is 4.30. The molecule has 0 radical (unpaired) electrons. The van der Waals surface area contributed by atoms with Crippen LogP contribution in [0.25, 0.3) is 0 Å². The van der Waals surface area contributed by atoms with Crippen LogP contribution in [0.4, 0.5) is 0 Å². The average molecular weight is 281 g/mol. The second-order valence-corrected chi connectivity index (χ2v) is 5.43. The molecule has 21 heavy (non-hydrogen) atoms. The number of carbonyl (C=O) groups excluding carboxylic acids is 1. The monoisotopic (exact) mass is 281 g/mol. The number of nitrogens with two attached hydrogens (primary N) is 1. The minimum atomic E-state index is -0.0750. The van der Waals surface area contributed by atoms with Gasteiger partial charge in [-0.25, -0.2) is 0 Å². The highest BCUT2D eigenvalue weighted by molar-refractivity contribution is 5.96. The molecule has 0 bridgehead atoms. The fraction of sp³-hybridized carbons (Fsp3) is 0.316. The smallest absolute Gasteiger partial charge is 0.162 e. The normalized spacial score (nSPS) is 12.1. The fourth-order valence-corrected chi connectivity index (χ4v) is 2.49. The van der Waals surface area contributed by atoms with Crippen LogP contribution in [0.5, 0.6) is 0 Å². The maximum absolute atomic E-state index is 12.3. The van der Waals surface area contributed by atoms with Gasteiger partial charge in [-0.2, -0.15) is 0 Å². The van der Waals surface area contributed by atoms with E-state index in [0.29, 0.717) is 12.8 Å². The van der Waals surface area contributed by atoms with Gasteiger partial charge in [0.1, 0.15) is 0 Å². The van der Waals surface area contributed by atoms with Crippen molar-refractivity contribution in [2.24, 2.45) is 5.73 Å². The molecule has 2 nitrogen and oxygen atoms in total. The Kier molecular flexibility index (Phi) is 5.70. The van der Waals surface area contributed by atoms with Crippen LogP contribution in [0.1, 0.15) is 53.7 Å². The molecule has 0 saturated carbocycles. The molecule has 0 amide bonds. The van der Waals surface area contributed by atoms with Gasteiger partial charge in [-0.3, -0.25) is 4.79 Å². The van der Waals surface area contributed by atoms with Gasteiger partial charge in [0.2, 0.25) is 0 Å². The van der Waals surface area contributed by atoms with Gasteiger partial charge >= 0.3 is 0 Å². The maximum atomic E-state index is 12.3. The molecular weight excluding hydrogens is 258 g/mol. The third-order valence-electron chi connectivity index (χ3n) is 3.70. The largest absolute Gasteiger partial charge is 0.324 e. The molecule has 2 N–H and O–H groups in total. The van der Waals surface area contributed by atoms with Crippen LogP contribution < -0.4 is 5.73 Å². The van der Waals surface area contributed by atoms with Gasteiger partial charge in [-0.15, -0.1) is 0 Å². The van der Waals surface area contributed by atoms with Crippen molar-refractivity contribution in [1.29, 1.82) is 0 Å². The van der Waals surface area contributed by atoms with Gasteiger partial charge in [-0.05, 0) is 30.0 Å². The molecule has 0 heterocycles. The third-order valence-corrected chi connectivity index (χ3v) is 3.70. The molecule has 1 atom stereocenters. The Hall–Kier alpha value is -1.93. The summed E-state index contributed by atoms with van der Waals surface area (Å²) in [6, 6.07) is 17.8. The van der Waals surface area contributed by atoms with E-state index in [1.54, 1.807) is 0 Å². The number of aryl methyl sites for hydroxylation is 1. The van der Waals surface area contributed by atoms with Crippen LogP contribution in [0.3, 0.4) is 0 Å². The zero-order chi connectivity index (χ0) is 15.1. The number of ketones is 1. The van der Waals surface area contributed by atoms with Gasteiger partial charge in [0.15, 0.2) is 5.78 Å². The first-order valence-corrected chi connectivity index (χ1v) is 7.63. The summed E-state index contributed by atoms with van der Waals surface area (Å²) in [5.74, 6) is 0.180. The van der Waals surface area contributed by atoms with Crippen molar-refractivity contribution < 1.29 is 4.79 Å². The minimum Gasteiger partial charge on any atom is -0.324 e. The molecule has 2 aromatic carbocycles. The van der Waals surface area contributed by atoms with Crippen LogP contribution in [-0.2, 0) is 6.42 Å². The SMILES string of the molecule is CCCc1cccc(C(=O)CCC(N)c2ccccc2)c1. The molecule has 2 aromatic rings. The quantitative estimate of drug-likeness (QED) is 0.769. The summed E-state index contributed by atoms with van der Waals surface area (Å²) in [7, 11) is 0. The Morgan fingerprint density at radius 1 is 1.10 bits per heavy atom. The molecule has 0 spiro atoms. The lowest BCUT2D eigenvalue weighted by Gasteiger charge is -2.11. The van der Waals surface area contributed by atoms with Gasteiger partial charge in [0, 0.05) is 18.0 Å². The number of hydrogen-bond donors (Lipinski definition) is 1. The third kappa shape index (κ3) is 4.54. The van der Waals surface area contributed by atoms with E-state index in [2.05, 4.69) is 13.0 Å². The predicted molar refractivity (Wildman–Crippen MR) is 87.4 cm³/mol. The topological polar surface area (TPSA) is 43.1 Å². The van der Waals surface area contributed by atoms with Gasteiger partial charge in [0.05, 0.1) is 0 Å². The van der Waals surface area contributed by atoms with Crippen molar-refractivity contribution in [1.82, 2.24) is 0 Å². The zero-order valence-electron chi connectivity index (χ0n) is 12.6. The van der Waals surface area contributed by atoms with E-state index < -0.39 is 0 Å². The summed E-state index contributed by atoms with van der Waals surface area (Å²) in [5.41, 5.74) is 9.27. The van der Waals surface area contributed by atoms with Crippen LogP contribution in [0, 0.1) is 0 Å². The highest BCUT2D eigenvalue weighted by Crippen LogP contribution is 2.17. The summed E-state index contributed by atoms with van der Waals surface area (Å²) >= 11 is 0. The number of benzene rings is 2. The summed E-state index contributed by atoms with van der Waals surface area (Å²) in [4.78, 5) is 12.3. The van der Waals surface area contributed by atoms with Gasteiger partial charge in [0.25, 0.3) is 0 Å². The summed E-state index contributed by atoms with van der Waals surface area (Å²) in [5, 5.41) is 0. The van der Waals surface area contributed by atoms with Gasteiger partial charge in [-0.1, -0.05) is 61.9 Å². The standard InChI is InChI=1S/C19H23NO/c1-2-7-15-8-6-11-17(14-15)19(21)13-12-18(20)16-9-4-3-5-10-16/h3-6,8-11,14,18H,2,7,12-13,20H2,1H3. The van der Waals surface area contributed by atoms with E-state index in [1.807, 2.05) is 48.5 Å². The van der Waals surface area contributed by atoms with E-state index in [4.69, 9.17) is 5.73 Å². The van der Waals surface area contributed by atoms with Crippen molar-refractivity contribution in [2.45, 2.75) is 38.6 Å². The summed E-state index contributed by atoms with van der Waals surface area (Å²) < 4.78 is 0. The molecule has 2 heteroatoms. The van der Waals surface area contributed by atoms with Crippen molar-refractivity contribution in [2.75, 3.05) is 0 Å². The molecule has 110 valence electrons. The lowest BCUT2D eigenvalue weighted by molar-refractivity contribution is 0.0977. The minimum absolute atomic E-state index is 0.0750. The maximum Gasteiger partial charge on any atom is 0.162 e. The molecule has 0 aliphatic rings. The Balaban J connectivity index is 1.94. The van der Waals surface area contributed by atoms with Gasteiger partial charge < -0.3 is 5.73 Å². The average Bonchev–Trinajstić information content (AvgIpc) is 2.53. The van der Waals surface area contributed by atoms with E-state index in [0.717, 1.165) is 24.0 Å². The fourth-order valence-electron chi connectivity index (χ4n) is 2.49.